The quantitative estimate of drug-likeness (QED) is 0.794. The van der Waals surface area contributed by atoms with Gasteiger partial charge in [-0.3, -0.25) is 8.60 Å². The second-order valence-electron chi connectivity index (χ2n) is 2.42. The van der Waals surface area contributed by atoms with Crippen molar-refractivity contribution in [3.8, 4) is 0 Å². The monoisotopic (exact) mass is 221 g/mol. The highest BCUT2D eigenvalue weighted by atomic mass is 35.5. The van der Waals surface area contributed by atoms with E-state index in [0.717, 1.165) is 0 Å². The summed E-state index contributed by atoms with van der Waals surface area (Å²) in [5, 5.41) is 0.485. The highest BCUT2D eigenvalue weighted by Gasteiger charge is 2.07. The van der Waals surface area contributed by atoms with Gasteiger partial charge in [0.05, 0.1) is 21.4 Å². The number of alkyl halides is 1. The standard InChI is InChI=1S/C8H9ClFNOS/c9-6-1-2-8(7(11)5-6)13(12)4-3-10/h1-2,5H,3-4,11H2. The van der Waals surface area contributed by atoms with Crippen LogP contribution < -0.4 is 5.73 Å². The van der Waals surface area contributed by atoms with Gasteiger partial charge < -0.3 is 5.73 Å². The third kappa shape index (κ3) is 2.67. The summed E-state index contributed by atoms with van der Waals surface area (Å²) in [5.74, 6) is -0.0220. The molecule has 0 saturated heterocycles. The number of nitrogen functional groups attached to an aromatic ring is 1. The number of nitrogens with two attached hydrogens (primary N) is 1. The van der Waals surface area contributed by atoms with Gasteiger partial charge in [0, 0.05) is 10.7 Å². The molecule has 0 spiro atoms. The van der Waals surface area contributed by atoms with E-state index in [9.17, 15) is 8.60 Å². The van der Waals surface area contributed by atoms with Gasteiger partial charge in [0.15, 0.2) is 0 Å². The molecule has 0 fully saturated rings. The van der Waals surface area contributed by atoms with E-state index in [1.165, 1.54) is 6.07 Å². The maximum absolute atomic E-state index is 11.9. The van der Waals surface area contributed by atoms with E-state index in [0.29, 0.717) is 15.6 Å². The van der Waals surface area contributed by atoms with Crippen LogP contribution in [-0.2, 0) is 10.8 Å². The summed E-state index contributed by atoms with van der Waals surface area (Å²) in [5.41, 5.74) is 5.90. The van der Waals surface area contributed by atoms with Crippen molar-refractivity contribution in [1.82, 2.24) is 0 Å². The van der Waals surface area contributed by atoms with Crippen LogP contribution in [0.2, 0.25) is 5.02 Å². The molecular formula is C8H9ClFNOS. The average molecular weight is 222 g/mol. The van der Waals surface area contributed by atoms with Gasteiger partial charge in [-0.15, -0.1) is 0 Å². The highest BCUT2D eigenvalue weighted by Crippen LogP contribution is 2.21. The SMILES string of the molecule is Nc1cc(Cl)ccc1S(=O)CCF. The Kier molecular flexibility index (Phi) is 3.69. The fourth-order valence-corrected chi connectivity index (χ4v) is 1.99. The molecule has 1 rings (SSSR count). The Morgan fingerprint density at radius 3 is 2.77 bits per heavy atom. The summed E-state index contributed by atoms with van der Waals surface area (Å²) in [6.07, 6.45) is 0. The van der Waals surface area contributed by atoms with Gasteiger partial charge in [0.1, 0.15) is 6.67 Å². The average Bonchev–Trinajstić information content (AvgIpc) is 2.04. The summed E-state index contributed by atoms with van der Waals surface area (Å²) in [7, 11) is -1.36. The first-order chi connectivity index (χ1) is 6.15. The molecule has 1 atom stereocenters. The second kappa shape index (κ2) is 4.58. The number of halogens is 2. The summed E-state index contributed by atoms with van der Waals surface area (Å²) in [4.78, 5) is 0.446. The molecular weight excluding hydrogens is 213 g/mol. The Bertz CT molecular complexity index is 332. The number of hydrogen-bond acceptors (Lipinski definition) is 2. The summed E-state index contributed by atoms with van der Waals surface area (Å²) in [6, 6.07) is 4.65. The first-order valence-corrected chi connectivity index (χ1v) is 5.34. The zero-order chi connectivity index (χ0) is 9.84. The van der Waals surface area contributed by atoms with Crippen LogP contribution in [0.25, 0.3) is 0 Å². The molecule has 0 saturated carbocycles. The van der Waals surface area contributed by atoms with Gasteiger partial charge in [-0.05, 0) is 18.2 Å². The van der Waals surface area contributed by atoms with Gasteiger partial charge in [-0.1, -0.05) is 11.6 Å². The Morgan fingerprint density at radius 2 is 2.23 bits per heavy atom. The molecule has 0 radical (unpaired) electrons. The minimum atomic E-state index is -1.36. The van der Waals surface area contributed by atoms with Crippen LogP contribution in [0.3, 0.4) is 0 Å². The van der Waals surface area contributed by atoms with Crippen molar-refractivity contribution in [3.05, 3.63) is 23.2 Å². The van der Waals surface area contributed by atoms with Crippen molar-refractivity contribution >= 4 is 28.1 Å². The molecule has 5 heteroatoms. The van der Waals surface area contributed by atoms with Crippen LogP contribution >= 0.6 is 11.6 Å². The number of rotatable bonds is 3. The lowest BCUT2D eigenvalue weighted by molar-refractivity contribution is 0.528. The molecule has 0 aliphatic heterocycles. The minimum absolute atomic E-state index is 0.0220. The lowest BCUT2D eigenvalue weighted by atomic mass is 10.3. The lowest BCUT2D eigenvalue weighted by Gasteiger charge is -2.03. The molecule has 0 amide bonds. The van der Waals surface area contributed by atoms with E-state index in [-0.39, 0.29) is 5.75 Å². The van der Waals surface area contributed by atoms with Crippen molar-refractivity contribution in [1.29, 1.82) is 0 Å². The molecule has 1 aromatic carbocycles. The van der Waals surface area contributed by atoms with E-state index >= 15 is 0 Å². The van der Waals surface area contributed by atoms with Gasteiger partial charge in [0.2, 0.25) is 0 Å². The predicted molar refractivity (Wildman–Crippen MR) is 53.1 cm³/mol. The van der Waals surface area contributed by atoms with Gasteiger partial charge in [0.25, 0.3) is 0 Å². The summed E-state index contributed by atoms with van der Waals surface area (Å²) in [6.45, 7) is -0.616. The van der Waals surface area contributed by atoms with Crippen LogP contribution in [0.15, 0.2) is 23.1 Å². The Hall–Kier alpha value is -0.610. The van der Waals surface area contributed by atoms with Gasteiger partial charge in [-0.2, -0.15) is 0 Å². The summed E-state index contributed by atoms with van der Waals surface area (Å²) >= 11 is 5.65. The van der Waals surface area contributed by atoms with E-state index < -0.39 is 17.5 Å². The molecule has 13 heavy (non-hydrogen) atoms. The molecule has 1 aromatic rings. The molecule has 72 valence electrons. The van der Waals surface area contributed by atoms with E-state index in [4.69, 9.17) is 17.3 Å². The van der Waals surface area contributed by atoms with Crippen molar-refractivity contribution in [2.24, 2.45) is 0 Å². The molecule has 0 aliphatic rings. The van der Waals surface area contributed by atoms with Crippen LogP contribution in [0.4, 0.5) is 10.1 Å². The highest BCUT2D eigenvalue weighted by molar-refractivity contribution is 7.85. The van der Waals surface area contributed by atoms with Crippen molar-refractivity contribution in [2.75, 3.05) is 18.2 Å². The minimum Gasteiger partial charge on any atom is -0.398 e. The van der Waals surface area contributed by atoms with Crippen LogP contribution in [0, 0.1) is 0 Å². The zero-order valence-electron chi connectivity index (χ0n) is 6.80. The van der Waals surface area contributed by atoms with Crippen LogP contribution in [-0.4, -0.2) is 16.6 Å². The maximum atomic E-state index is 11.9. The molecule has 0 bridgehead atoms. The third-order valence-electron chi connectivity index (χ3n) is 1.48. The van der Waals surface area contributed by atoms with Crippen LogP contribution in [0.5, 0.6) is 0 Å². The Morgan fingerprint density at radius 1 is 1.54 bits per heavy atom. The maximum Gasteiger partial charge on any atom is 0.101 e. The largest absolute Gasteiger partial charge is 0.398 e. The Labute approximate surface area is 83.3 Å². The van der Waals surface area contributed by atoms with Gasteiger partial charge in [-0.25, -0.2) is 0 Å². The topological polar surface area (TPSA) is 43.1 Å². The smallest absolute Gasteiger partial charge is 0.101 e. The molecule has 0 aliphatic carbocycles. The third-order valence-corrected chi connectivity index (χ3v) is 3.10. The van der Waals surface area contributed by atoms with Crippen molar-refractivity contribution in [3.63, 3.8) is 0 Å². The predicted octanol–water partition coefficient (Wildman–Crippen LogP) is 2.00. The van der Waals surface area contributed by atoms with Crippen molar-refractivity contribution < 1.29 is 8.60 Å². The molecule has 2 nitrogen and oxygen atoms in total. The number of anilines is 1. The molecule has 2 N–H and O–H groups in total. The molecule has 1 unspecified atom stereocenters. The van der Waals surface area contributed by atoms with E-state index in [2.05, 4.69) is 0 Å². The number of benzene rings is 1. The van der Waals surface area contributed by atoms with Crippen LogP contribution in [0.1, 0.15) is 0 Å². The second-order valence-corrected chi connectivity index (χ2v) is 4.40. The fourth-order valence-electron chi connectivity index (χ4n) is 0.907. The molecule has 0 heterocycles. The zero-order valence-corrected chi connectivity index (χ0v) is 8.37. The van der Waals surface area contributed by atoms with Crippen molar-refractivity contribution in [2.45, 2.75) is 4.90 Å². The van der Waals surface area contributed by atoms with E-state index in [1.54, 1.807) is 12.1 Å². The fraction of sp³-hybridized carbons (Fsp3) is 0.250. The van der Waals surface area contributed by atoms with Gasteiger partial charge >= 0.3 is 0 Å². The normalized spacial score (nSPS) is 12.8. The lowest BCUT2D eigenvalue weighted by Crippen LogP contribution is -2.03. The molecule has 0 aromatic heterocycles. The first kappa shape index (κ1) is 10.5. The van der Waals surface area contributed by atoms with E-state index in [1.807, 2.05) is 0 Å². The Balaban J connectivity index is 2.95. The summed E-state index contributed by atoms with van der Waals surface area (Å²) < 4.78 is 23.2. The number of hydrogen-bond donors (Lipinski definition) is 1. The first-order valence-electron chi connectivity index (χ1n) is 3.64.